The molecule has 138 valence electrons. The summed E-state index contributed by atoms with van der Waals surface area (Å²) < 4.78 is 10.5. The minimum Gasteiger partial charge on any atom is -0.497 e. The van der Waals surface area contributed by atoms with Crippen molar-refractivity contribution in [3.63, 3.8) is 0 Å². The van der Waals surface area contributed by atoms with E-state index in [1.807, 2.05) is 12.1 Å². The van der Waals surface area contributed by atoms with Gasteiger partial charge in [0.25, 0.3) is 0 Å². The minimum absolute atomic E-state index is 0.0708. The highest BCUT2D eigenvalue weighted by Crippen LogP contribution is 2.34. The summed E-state index contributed by atoms with van der Waals surface area (Å²) >= 11 is 0. The Hall–Kier alpha value is -1.59. The van der Waals surface area contributed by atoms with Gasteiger partial charge in [-0.25, -0.2) is 0 Å². The van der Waals surface area contributed by atoms with Crippen molar-refractivity contribution in [2.45, 2.75) is 31.7 Å². The van der Waals surface area contributed by atoms with E-state index in [1.54, 1.807) is 7.11 Å². The largest absolute Gasteiger partial charge is 0.497 e. The fourth-order valence-corrected chi connectivity index (χ4v) is 4.22. The van der Waals surface area contributed by atoms with E-state index in [0.717, 1.165) is 38.5 Å². The van der Waals surface area contributed by atoms with Crippen LogP contribution in [0, 0.1) is 5.92 Å². The fraction of sp³-hybridized carbons (Fsp3) is 0.650. The maximum atomic E-state index is 12.7. The number of benzene rings is 1. The molecule has 5 nitrogen and oxygen atoms in total. The second kappa shape index (κ2) is 8.68. The zero-order valence-corrected chi connectivity index (χ0v) is 15.4. The molecule has 3 rings (SSSR count). The summed E-state index contributed by atoms with van der Waals surface area (Å²) in [7, 11) is 3.19. The van der Waals surface area contributed by atoms with E-state index in [2.05, 4.69) is 21.9 Å². The Morgan fingerprint density at radius 1 is 1.00 bits per heavy atom. The van der Waals surface area contributed by atoms with Gasteiger partial charge in [0.05, 0.1) is 20.1 Å². The summed E-state index contributed by atoms with van der Waals surface area (Å²) in [6.07, 6.45) is 4.85. The molecule has 1 aromatic rings. The molecule has 0 aliphatic carbocycles. The standard InChI is InChI=1S/C20H30N2O3/c1-24-17-9-7-16(8-10-17)19(22-13-5-6-14-22)18(20(23)25-2)15-21-11-3-4-12-21/h7-10,18-19H,3-6,11-15H2,1-2H3/t18-,19+/m0/s1. The van der Waals surface area contributed by atoms with Crippen molar-refractivity contribution in [2.24, 2.45) is 5.92 Å². The average Bonchev–Trinajstić information content (AvgIpc) is 3.35. The molecule has 2 aliphatic heterocycles. The number of esters is 1. The van der Waals surface area contributed by atoms with Gasteiger partial charge in [0.15, 0.2) is 0 Å². The van der Waals surface area contributed by atoms with Crippen LogP contribution in [0.1, 0.15) is 37.3 Å². The van der Waals surface area contributed by atoms with Gasteiger partial charge in [-0.05, 0) is 69.6 Å². The van der Waals surface area contributed by atoms with Crippen LogP contribution in [-0.2, 0) is 9.53 Å². The molecule has 0 N–H and O–H groups in total. The normalized spacial score (nSPS) is 21.2. The first kappa shape index (κ1) is 18.2. The maximum Gasteiger partial charge on any atom is 0.311 e. The van der Waals surface area contributed by atoms with Crippen LogP contribution in [0.5, 0.6) is 5.75 Å². The van der Waals surface area contributed by atoms with Gasteiger partial charge < -0.3 is 14.4 Å². The zero-order chi connectivity index (χ0) is 17.6. The van der Waals surface area contributed by atoms with Gasteiger partial charge in [0.2, 0.25) is 0 Å². The summed E-state index contributed by atoms with van der Waals surface area (Å²) in [5, 5.41) is 0. The van der Waals surface area contributed by atoms with Crippen molar-refractivity contribution in [3.8, 4) is 5.75 Å². The van der Waals surface area contributed by atoms with Crippen molar-refractivity contribution in [2.75, 3.05) is 46.9 Å². The smallest absolute Gasteiger partial charge is 0.311 e. The lowest BCUT2D eigenvalue weighted by Gasteiger charge is -2.35. The second-order valence-corrected chi connectivity index (χ2v) is 7.10. The first-order valence-corrected chi connectivity index (χ1v) is 9.41. The average molecular weight is 346 g/mol. The van der Waals surface area contributed by atoms with Crippen molar-refractivity contribution >= 4 is 5.97 Å². The van der Waals surface area contributed by atoms with Crippen molar-refractivity contribution in [3.05, 3.63) is 29.8 Å². The van der Waals surface area contributed by atoms with Crippen LogP contribution < -0.4 is 4.74 Å². The Labute approximate surface area is 150 Å². The van der Waals surface area contributed by atoms with Gasteiger partial charge in [0, 0.05) is 12.6 Å². The Kier molecular flexibility index (Phi) is 6.32. The van der Waals surface area contributed by atoms with E-state index in [9.17, 15) is 4.79 Å². The van der Waals surface area contributed by atoms with Crippen LogP contribution in [0.15, 0.2) is 24.3 Å². The van der Waals surface area contributed by atoms with Crippen molar-refractivity contribution in [1.82, 2.24) is 9.80 Å². The van der Waals surface area contributed by atoms with Gasteiger partial charge in [-0.2, -0.15) is 0 Å². The Morgan fingerprint density at radius 3 is 2.16 bits per heavy atom. The number of carbonyl (C=O) groups excluding carboxylic acids is 1. The topological polar surface area (TPSA) is 42.0 Å². The lowest BCUT2D eigenvalue weighted by atomic mass is 9.91. The number of ether oxygens (including phenoxy) is 2. The second-order valence-electron chi connectivity index (χ2n) is 7.10. The van der Waals surface area contributed by atoms with E-state index in [-0.39, 0.29) is 17.9 Å². The van der Waals surface area contributed by atoms with Crippen molar-refractivity contribution in [1.29, 1.82) is 0 Å². The molecule has 0 aromatic heterocycles. The van der Waals surface area contributed by atoms with Crippen LogP contribution >= 0.6 is 0 Å². The van der Waals surface area contributed by atoms with Gasteiger partial charge in [-0.1, -0.05) is 12.1 Å². The van der Waals surface area contributed by atoms with Gasteiger partial charge in [0.1, 0.15) is 5.75 Å². The van der Waals surface area contributed by atoms with Crippen LogP contribution in [-0.4, -0.2) is 62.7 Å². The number of rotatable bonds is 7. The van der Waals surface area contributed by atoms with Gasteiger partial charge in [-0.15, -0.1) is 0 Å². The van der Waals surface area contributed by atoms with E-state index in [4.69, 9.17) is 9.47 Å². The quantitative estimate of drug-likeness (QED) is 0.710. The van der Waals surface area contributed by atoms with Crippen LogP contribution in [0.3, 0.4) is 0 Å². The number of methoxy groups -OCH3 is 2. The zero-order valence-electron chi connectivity index (χ0n) is 15.4. The summed E-state index contributed by atoms with van der Waals surface area (Å²) in [5.74, 6) is 0.590. The number of hydrogen-bond acceptors (Lipinski definition) is 5. The number of hydrogen-bond donors (Lipinski definition) is 0. The molecule has 2 fully saturated rings. The Balaban J connectivity index is 1.88. The third-order valence-corrected chi connectivity index (χ3v) is 5.53. The number of carbonyl (C=O) groups is 1. The van der Waals surface area contributed by atoms with Crippen LogP contribution in [0.2, 0.25) is 0 Å². The highest BCUT2D eigenvalue weighted by molar-refractivity contribution is 5.74. The lowest BCUT2D eigenvalue weighted by Crippen LogP contribution is -2.42. The molecule has 0 amide bonds. The van der Waals surface area contributed by atoms with Gasteiger partial charge >= 0.3 is 5.97 Å². The summed E-state index contributed by atoms with van der Waals surface area (Å²) in [4.78, 5) is 17.6. The van der Waals surface area contributed by atoms with Crippen molar-refractivity contribution < 1.29 is 14.3 Å². The predicted octanol–water partition coefficient (Wildman–Crippen LogP) is 2.72. The summed E-state index contributed by atoms with van der Waals surface area (Å²) in [6.45, 7) is 5.04. The molecule has 0 unspecified atom stereocenters. The Morgan fingerprint density at radius 2 is 1.60 bits per heavy atom. The SMILES string of the molecule is COC(=O)[C@@H](CN1CCCC1)[C@@H](c1ccc(OC)cc1)N1CCCC1. The summed E-state index contributed by atoms with van der Waals surface area (Å²) in [6, 6.07) is 8.25. The molecular formula is C20H30N2O3. The number of likely N-dealkylation sites (tertiary alicyclic amines) is 2. The maximum absolute atomic E-state index is 12.7. The molecule has 0 radical (unpaired) electrons. The van der Waals surface area contributed by atoms with Crippen LogP contribution in [0.25, 0.3) is 0 Å². The third-order valence-electron chi connectivity index (χ3n) is 5.53. The van der Waals surface area contributed by atoms with E-state index < -0.39 is 0 Å². The molecule has 0 spiro atoms. The lowest BCUT2D eigenvalue weighted by molar-refractivity contribution is -0.148. The molecule has 25 heavy (non-hydrogen) atoms. The summed E-state index contributed by atoms with van der Waals surface area (Å²) in [5.41, 5.74) is 1.18. The molecule has 2 saturated heterocycles. The molecule has 0 saturated carbocycles. The van der Waals surface area contributed by atoms with Gasteiger partial charge in [-0.3, -0.25) is 9.69 Å². The predicted molar refractivity (Wildman–Crippen MR) is 97.7 cm³/mol. The molecule has 2 aliphatic rings. The molecule has 5 heteroatoms. The van der Waals surface area contributed by atoms with E-state index in [1.165, 1.54) is 38.4 Å². The molecule has 2 atom stereocenters. The fourth-order valence-electron chi connectivity index (χ4n) is 4.22. The molecular weight excluding hydrogens is 316 g/mol. The Bertz CT molecular complexity index is 549. The van der Waals surface area contributed by atoms with Crippen LogP contribution in [0.4, 0.5) is 0 Å². The molecule has 0 bridgehead atoms. The first-order valence-electron chi connectivity index (χ1n) is 9.41. The molecule has 2 heterocycles. The highest BCUT2D eigenvalue weighted by Gasteiger charge is 2.37. The third kappa shape index (κ3) is 4.33. The molecule has 1 aromatic carbocycles. The number of nitrogens with zero attached hydrogens (tertiary/aromatic N) is 2. The monoisotopic (exact) mass is 346 g/mol. The first-order chi connectivity index (χ1) is 12.2. The van der Waals surface area contributed by atoms with E-state index in [0.29, 0.717) is 0 Å². The highest BCUT2D eigenvalue weighted by atomic mass is 16.5. The minimum atomic E-state index is -0.158. The van der Waals surface area contributed by atoms with E-state index >= 15 is 0 Å².